The van der Waals surface area contributed by atoms with Crippen LogP contribution in [0.4, 0.5) is 17.6 Å². The van der Waals surface area contributed by atoms with Gasteiger partial charge in [-0.1, -0.05) is 12.1 Å². The lowest BCUT2D eigenvalue weighted by Gasteiger charge is -2.10. The van der Waals surface area contributed by atoms with Crippen LogP contribution in [0.15, 0.2) is 47.4 Å². The summed E-state index contributed by atoms with van der Waals surface area (Å²) >= 11 is 0. The number of hydrogen-bond donors (Lipinski definition) is 0. The summed E-state index contributed by atoms with van der Waals surface area (Å²) in [7, 11) is 0. The SMILES string of the molecule is O=C(Cn1cc(C(F)(F)F)ccc1=O)c1cccc(F)c1. The standard InChI is InChI=1S/C14H9F4NO2/c15-11-3-1-2-9(6-11)12(20)8-19-7-10(14(16,17)18)4-5-13(19)21/h1-7H,8H2. The predicted octanol–water partition coefficient (Wildman–Crippen LogP) is 2.89. The maximum absolute atomic E-state index is 13.0. The van der Waals surface area contributed by atoms with Crippen LogP contribution >= 0.6 is 0 Å². The van der Waals surface area contributed by atoms with Gasteiger partial charge in [0.05, 0.1) is 12.1 Å². The maximum atomic E-state index is 13.0. The van der Waals surface area contributed by atoms with E-state index >= 15 is 0 Å². The van der Waals surface area contributed by atoms with E-state index in [0.717, 1.165) is 18.2 Å². The van der Waals surface area contributed by atoms with Gasteiger partial charge in [0.1, 0.15) is 5.82 Å². The zero-order chi connectivity index (χ0) is 15.6. The molecule has 110 valence electrons. The number of carbonyl (C=O) groups excluding carboxylic acids is 1. The van der Waals surface area contributed by atoms with E-state index < -0.39 is 35.4 Å². The van der Waals surface area contributed by atoms with E-state index in [1.807, 2.05) is 0 Å². The van der Waals surface area contributed by atoms with E-state index in [1.54, 1.807) is 0 Å². The fraction of sp³-hybridized carbons (Fsp3) is 0.143. The maximum Gasteiger partial charge on any atom is 0.417 e. The molecule has 3 nitrogen and oxygen atoms in total. The fourth-order valence-corrected chi connectivity index (χ4v) is 1.73. The van der Waals surface area contributed by atoms with Crippen molar-refractivity contribution in [2.75, 3.05) is 0 Å². The van der Waals surface area contributed by atoms with Crippen molar-refractivity contribution in [3.8, 4) is 0 Å². The monoisotopic (exact) mass is 299 g/mol. The van der Waals surface area contributed by atoms with Crippen LogP contribution in [0.2, 0.25) is 0 Å². The third-order valence-corrected chi connectivity index (χ3v) is 2.77. The Labute approximate surface area is 116 Å². The molecule has 0 bridgehead atoms. The van der Waals surface area contributed by atoms with Crippen LogP contribution in [0.5, 0.6) is 0 Å². The number of nitrogens with zero attached hydrogens (tertiary/aromatic N) is 1. The van der Waals surface area contributed by atoms with Gasteiger partial charge in [-0.05, 0) is 18.2 Å². The van der Waals surface area contributed by atoms with Gasteiger partial charge in [0, 0.05) is 17.8 Å². The molecule has 0 atom stereocenters. The summed E-state index contributed by atoms with van der Waals surface area (Å²) in [5.41, 5.74) is -1.79. The van der Waals surface area contributed by atoms with Gasteiger partial charge in [0.2, 0.25) is 0 Å². The Balaban J connectivity index is 2.31. The number of Topliss-reactive ketones (excluding diaryl/α,β-unsaturated/α-hetero) is 1. The average Bonchev–Trinajstić information content (AvgIpc) is 2.40. The zero-order valence-corrected chi connectivity index (χ0v) is 10.5. The number of pyridine rings is 1. The van der Waals surface area contributed by atoms with Gasteiger partial charge in [-0.3, -0.25) is 9.59 Å². The largest absolute Gasteiger partial charge is 0.417 e. The first-order valence-corrected chi connectivity index (χ1v) is 5.84. The number of benzene rings is 1. The normalized spacial score (nSPS) is 11.4. The second-order valence-electron chi connectivity index (χ2n) is 4.32. The highest BCUT2D eigenvalue weighted by Gasteiger charge is 2.31. The van der Waals surface area contributed by atoms with Crippen molar-refractivity contribution < 1.29 is 22.4 Å². The average molecular weight is 299 g/mol. The molecule has 0 amide bonds. The first kappa shape index (κ1) is 15.0. The van der Waals surface area contributed by atoms with Crippen LogP contribution in [-0.4, -0.2) is 10.4 Å². The minimum atomic E-state index is -4.61. The zero-order valence-electron chi connectivity index (χ0n) is 10.5. The minimum Gasteiger partial charge on any atom is -0.307 e. The summed E-state index contributed by atoms with van der Waals surface area (Å²) in [5, 5.41) is 0. The molecule has 21 heavy (non-hydrogen) atoms. The number of halogens is 4. The van der Waals surface area contributed by atoms with Crippen LogP contribution < -0.4 is 5.56 Å². The molecule has 0 N–H and O–H groups in total. The summed E-state index contributed by atoms with van der Waals surface area (Å²) in [5.74, 6) is -1.30. The second-order valence-corrected chi connectivity index (χ2v) is 4.32. The molecule has 0 aliphatic heterocycles. The van der Waals surface area contributed by atoms with Crippen LogP contribution in [-0.2, 0) is 12.7 Å². The molecule has 7 heteroatoms. The Morgan fingerprint density at radius 2 is 1.86 bits per heavy atom. The van der Waals surface area contributed by atoms with E-state index in [1.165, 1.54) is 12.1 Å². The minimum absolute atomic E-state index is 0.0145. The van der Waals surface area contributed by atoms with Gasteiger partial charge in [-0.15, -0.1) is 0 Å². The number of rotatable bonds is 3. The van der Waals surface area contributed by atoms with Crippen LogP contribution in [0.1, 0.15) is 15.9 Å². The number of aromatic nitrogens is 1. The van der Waals surface area contributed by atoms with Crippen molar-refractivity contribution in [1.82, 2.24) is 4.57 Å². The third-order valence-electron chi connectivity index (χ3n) is 2.77. The van der Waals surface area contributed by atoms with Gasteiger partial charge in [0.25, 0.3) is 5.56 Å². The Morgan fingerprint density at radius 3 is 2.48 bits per heavy atom. The van der Waals surface area contributed by atoms with E-state index in [-0.39, 0.29) is 5.56 Å². The van der Waals surface area contributed by atoms with Gasteiger partial charge in [-0.25, -0.2) is 4.39 Å². The van der Waals surface area contributed by atoms with E-state index in [0.29, 0.717) is 16.8 Å². The van der Waals surface area contributed by atoms with Crippen molar-refractivity contribution in [2.24, 2.45) is 0 Å². The lowest BCUT2D eigenvalue weighted by atomic mass is 10.1. The Morgan fingerprint density at radius 1 is 1.14 bits per heavy atom. The van der Waals surface area contributed by atoms with Gasteiger partial charge < -0.3 is 4.57 Å². The quantitative estimate of drug-likeness (QED) is 0.646. The molecule has 1 aromatic heterocycles. The van der Waals surface area contributed by atoms with Crippen molar-refractivity contribution in [3.63, 3.8) is 0 Å². The van der Waals surface area contributed by atoms with E-state index in [9.17, 15) is 27.2 Å². The number of hydrogen-bond acceptors (Lipinski definition) is 2. The van der Waals surface area contributed by atoms with Crippen molar-refractivity contribution in [2.45, 2.75) is 12.7 Å². The Kier molecular flexibility index (Phi) is 3.93. The summed E-state index contributed by atoms with van der Waals surface area (Å²) in [4.78, 5) is 23.4. The van der Waals surface area contributed by atoms with Crippen LogP contribution in [0.25, 0.3) is 0 Å². The van der Waals surface area contributed by atoms with Crippen molar-refractivity contribution >= 4 is 5.78 Å². The molecule has 0 fully saturated rings. The second kappa shape index (κ2) is 5.51. The van der Waals surface area contributed by atoms with Crippen molar-refractivity contribution in [1.29, 1.82) is 0 Å². The molecule has 0 radical (unpaired) electrons. The van der Waals surface area contributed by atoms with Crippen molar-refractivity contribution in [3.05, 3.63) is 69.9 Å². The number of alkyl halides is 3. The molecule has 0 aliphatic carbocycles. The summed E-state index contributed by atoms with van der Waals surface area (Å²) in [6.45, 7) is -0.591. The molecule has 0 aliphatic rings. The predicted molar refractivity (Wildman–Crippen MR) is 66.4 cm³/mol. The van der Waals surface area contributed by atoms with E-state index in [4.69, 9.17) is 0 Å². The molecule has 1 aromatic carbocycles. The topological polar surface area (TPSA) is 39.1 Å². The first-order chi connectivity index (χ1) is 9.77. The van der Waals surface area contributed by atoms with Gasteiger partial charge >= 0.3 is 6.18 Å². The molecular formula is C14H9F4NO2. The smallest absolute Gasteiger partial charge is 0.307 e. The summed E-state index contributed by atoms with van der Waals surface area (Å²) in [6.07, 6.45) is -4.04. The van der Waals surface area contributed by atoms with E-state index in [2.05, 4.69) is 0 Å². The molecule has 0 saturated heterocycles. The number of ketones is 1. The first-order valence-electron chi connectivity index (χ1n) is 5.84. The van der Waals surface area contributed by atoms with Crippen LogP contribution in [0.3, 0.4) is 0 Å². The van der Waals surface area contributed by atoms with Gasteiger partial charge in [0.15, 0.2) is 5.78 Å². The molecule has 2 rings (SSSR count). The Bertz CT molecular complexity index is 734. The lowest BCUT2D eigenvalue weighted by Crippen LogP contribution is -2.25. The molecule has 1 heterocycles. The third kappa shape index (κ3) is 3.56. The molecule has 2 aromatic rings. The van der Waals surface area contributed by atoms with Gasteiger partial charge in [-0.2, -0.15) is 13.2 Å². The Hall–Kier alpha value is -2.44. The number of carbonyl (C=O) groups is 1. The summed E-state index contributed by atoms with van der Waals surface area (Å²) < 4.78 is 51.3. The fourth-order valence-electron chi connectivity index (χ4n) is 1.73. The van der Waals surface area contributed by atoms with Crippen LogP contribution in [0, 0.1) is 5.82 Å². The summed E-state index contributed by atoms with van der Waals surface area (Å²) in [6, 6.07) is 6.10. The highest BCUT2D eigenvalue weighted by molar-refractivity contribution is 5.95. The molecular weight excluding hydrogens is 290 g/mol. The highest BCUT2D eigenvalue weighted by Crippen LogP contribution is 2.28. The highest BCUT2D eigenvalue weighted by atomic mass is 19.4. The lowest BCUT2D eigenvalue weighted by molar-refractivity contribution is -0.138. The molecule has 0 saturated carbocycles. The molecule has 0 unspecified atom stereocenters. The molecule has 0 spiro atoms.